The highest BCUT2D eigenvalue weighted by Crippen LogP contribution is 2.34. The summed E-state index contributed by atoms with van der Waals surface area (Å²) in [7, 11) is 0. The number of nitrogens with zero attached hydrogens (tertiary/aromatic N) is 3. The smallest absolute Gasteiger partial charge is 0.416 e. The predicted octanol–water partition coefficient (Wildman–Crippen LogP) is 10.5. The largest absolute Gasteiger partial charge is 0.434 e. The molecule has 0 fully saturated rings. The van der Waals surface area contributed by atoms with E-state index in [-0.39, 0.29) is 12.3 Å². The van der Waals surface area contributed by atoms with Crippen molar-refractivity contribution in [1.82, 2.24) is 14.5 Å². The Morgan fingerprint density at radius 2 is 1.38 bits per heavy atom. The van der Waals surface area contributed by atoms with Crippen LogP contribution in [0.5, 0.6) is 5.75 Å². The van der Waals surface area contributed by atoms with Crippen LogP contribution in [0, 0.1) is 13.8 Å². The minimum atomic E-state index is -4.47. The second-order valence-corrected chi connectivity index (χ2v) is 11.7. The summed E-state index contributed by atoms with van der Waals surface area (Å²) in [5.74, 6) is 0.955. The zero-order valence-electron chi connectivity index (χ0n) is 26.7. The second-order valence-electron chi connectivity index (χ2n) is 11.7. The Kier molecular flexibility index (Phi) is 10.8. The Balaban J connectivity index is 1.63. The number of hydrogen-bond acceptors (Lipinski definition) is 3. The van der Waals surface area contributed by atoms with Gasteiger partial charge in [-0.05, 0) is 48.6 Å². The summed E-state index contributed by atoms with van der Waals surface area (Å²) in [6.07, 6.45) is -2.60. The minimum absolute atomic E-state index is 0.129. The van der Waals surface area contributed by atoms with Gasteiger partial charge in [-0.2, -0.15) is 22.0 Å². The fourth-order valence-corrected chi connectivity index (χ4v) is 5.99. The molecule has 0 bridgehead atoms. The van der Waals surface area contributed by atoms with Crippen molar-refractivity contribution < 1.29 is 26.7 Å². The molecule has 0 spiro atoms. The maximum absolute atomic E-state index is 13.7. The standard InChI is InChI=1S/C38H38F5N3O/c1-4-5-19-46-33(34(30-14-8-6-9-15-30)44-36(46)31-16-10-7-11-17-31)25-45(23-28-13-12-18-32(22-28)38(41,42)43)24-29-20-26(2)35(27(3)21-29)47-37(39)40/h6-18,20-22,37H,4-5,19,23-25H2,1-3H3. The molecule has 0 aliphatic rings. The highest BCUT2D eigenvalue weighted by atomic mass is 19.4. The molecule has 0 radical (unpaired) electrons. The van der Waals surface area contributed by atoms with Gasteiger partial charge in [0.25, 0.3) is 0 Å². The number of benzene rings is 4. The molecular weight excluding hydrogens is 609 g/mol. The van der Waals surface area contributed by atoms with E-state index in [0.717, 1.165) is 52.8 Å². The quantitative estimate of drug-likeness (QED) is 0.119. The number of aryl methyl sites for hydroxylation is 2. The fourth-order valence-electron chi connectivity index (χ4n) is 5.99. The van der Waals surface area contributed by atoms with Crippen LogP contribution in [0.3, 0.4) is 0 Å². The number of hydrogen-bond donors (Lipinski definition) is 0. The predicted molar refractivity (Wildman–Crippen MR) is 175 cm³/mol. The van der Waals surface area contributed by atoms with Crippen molar-refractivity contribution in [3.63, 3.8) is 0 Å². The lowest BCUT2D eigenvalue weighted by Crippen LogP contribution is -2.25. The van der Waals surface area contributed by atoms with Gasteiger partial charge in [-0.25, -0.2) is 4.98 Å². The maximum Gasteiger partial charge on any atom is 0.416 e. The summed E-state index contributed by atoms with van der Waals surface area (Å²) in [5, 5.41) is 0. The molecule has 47 heavy (non-hydrogen) atoms. The Bertz CT molecular complexity index is 1740. The van der Waals surface area contributed by atoms with Gasteiger partial charge in [0.15, 0.2) is 0 Å². The zero-order chi connectivity index (χ0) is 33.6. The van der Waals surface area contributed by atoms with Crippen LogP contribution in [-0.2, 0) is 32.4 Å². The molecular formula is C38H38F5N3O. The van der Waals surface area contributed by atoms with Crippen LogP contribution in [-0.4, -0.2) is 21.1 Å². The van der Waals surface area contributed by atoms with Gasteiger partial charge >= 0.3 is 12.8 Å². The molecule has 1 aromatic heterocycles. The lowest BCUT2D eigenvalue weighted by atomic mass is 10.0. The Morgan fingerprint density at radius 3 is 1.98 bits per heavy atom. The van der Waals surface area contributed by atoms with Gasteiger partial charge < -0.3 is 9.30 Å². The van der Waals surface area contributed by atoms with Crippen molar-refractivity contribution in [3.05, 3.63) is 131 Å². The summed E-state index contributed by atoms with van der Waals surface area (Å²) in [5.41, 5.74) is 5.41. The highest BCUT2D eigenvalue weighted by molar-refractivity contribution is 5.68. The van der Waals surface area contributed by atoms with Crippen molar-refractivity contribution in [1.29, 1.82) is 0 Å². The lowest BCUT2D eigenvalue weighted by molar-refractivity contribution is -0.137. The lowest BCUT2D eigenvalue weighted by Gasteiger charge is -2.26. The van der Waals surface area contributed by atoms with Crippen molar-refractivity contribution in [2.24, 2.45) is 0 Å². The zero-order valence-corrected chi connectivity index (χ0v) is 26.7. The molecule has 5 rings (SSSR count). The molecule has 9 heteroatoms. The number of halogens is 5. The number of rotatable bonds is 13. The van der Waals surface area contributed by atoms with E-state index in [0.29, 0.717) is 36.3 Å². The number of unbranched alkanes of at least 4 members (excludes halogenated alkanes) is 1. The molecule has 0 unspecified atom stereocenters. The van der Waals surface area contributed by atoms with E-state index in [4.69, 9.17) is 9.72 Å². The summed E-state index contributed by atoms with van der Waals surface area (Å²) >= 11 is 0. The van der Waals surface area contributed by atoms with Crippen molar-refractivity contribution in [2.45, 2.75) is 72.6 Å². The Labute approximate surface area is 272 Å². The first-order valence-electron chi connectivity index (χ1n) is 15.7. The Hall–Kier alpha value is -4.50. The van der Waals surface area contributed by atoms with Gasteiger partial charge in [0.05, 0.1) is 17.0 Å². The molecule has 0 amide bonds. The van der Waals surface area contributed by atoms with Gasteiger partial charge in [0, 0.05) is 37.3 Å². The van der Waals surface area contributed by atoms with Gasteiger partial charge in [-0.15, -0.1) is 0 Å². The maximum atomic E-state index is 13.7. The van der Waals surface area contributed by atoms with E-state index < -0.39 is 18.4 Å². The molecule has 1 heterocycles. The summed E-state index contributed by atoms with van der Waals surface area (Å²) < 4.78 is 74.3. The minimum Gasteiger partial charge on any atom is -0.434 e. The van der Waals surface area contributed by atoms with Crippen LogP contribution < -0.4 is 4.74 Å². The third-order valence-corrected chi connectivity index (χ3v) is 8.05. The molecule has 4 aromatic carbocycles. The number of imidazole rings is 1. The third-order valence-electron chi connectivity index (χ3n) is 8.05. The normalized spacial score (nSPS) is 11.9. The van der Waals surface area contributed by atoms with Crippen LogP contribution in [0.1, 0.15) is 53.3 Å². The van der Waals surface area contributed by atoms with Crippen molar-refractivity contribution in [3.8, 4) is 28.4 Å². The molecule has 246 valence electrons. The molecule has 5 aromatic rings. The van der Waals surface area contributed by atoms with E-state index in [9.17, 15) is 22.0 Å². The van der Waals surface area contributed by atoms with Crippen LogP contribution >= 0.6 is 0 Å². The molecule has 0 atom stereocenters. The van der Waals surface area contributed by atoms with Gasteiger partial charge in [-0.1, -0.05) is 104 Å². The van der Waals surface area contributed by atoms with E-state index >= 15 is 0 Å². The SMILES string of the molecule is CCCCn1c(-c2ccccc2)nc(-c2ccccc2)c1CN(Cc1cccc(C(F)(F)F)c1)Cc1cc(C)c(OC(F)F)c(C)c1. The van der Waals surface area contributed by atoms with Crippen molar-refractivity contribution >= 4 is 0 Å². The first-order valence-corrected chi connectivity index (χ1v) is 15.7. The summed E-state index contributed by atoms with van der Waals surface area (Å²) in [6.45, 7) is 4.25. The van der Waals surface area contributed by atoms with Gasteiger partial charge in [0.2, 0.25) is 0 Å². The second kappa shape index (κ2) is 14.9. The van der Waals surface area contributed by atoms with Crippen LogP contribution in [0.15, 0.2) is 97.1 Å². The van der Waals surface area contributed by atoms with E-state index in [1.165, 1.54) is 12.1 Å². The Morgan fingerprint density at radius 1 is 0.766 bits per heavy atom. The number of ether oxygens (including phenoxy) is 1. The van der Waals surface area contributed by atoms with Crippen LogP contribution in [0.2, 0.25) is 0 Å². The first kappa shape index (κ1) is 33.9. The fraction of sp³-hybridized carbons (Fsp3) is 0.289. The molecule has 4 nitrogen and oxygen atoms in total. The summed E-state index contributed by atoms with van der Waals surface area (Å²) in [6, 6.07) is 28.8. The molecule has 0 aliphatic heterocycles. The third kappa shape index (κ3) is 8.46. The number of aromatic nitrogens is 2. The van der Waals surface area contributed by atoms with Crippen LogP contribution in [0.4, 0.5) is 22.0 Å². The average molecular weight is 648 g/mol. The molecule has 0 aliphatic carbocycles. The first-order chi connectivity index (χ1) is 22.5. The molecule has 0 saturated carbocycles. The average Bonchev–Trinajstić information content (AvgIpc) is 3.40. The van der Waals surface area contributed by atoms with E-state index in [1.807, 2.05) is 60.7 Å². The van der Waals surface area contributed by atoms with Crippen LogP contribution in [0.25, 0.3) is 22.6 Å². The van der Waals surface area contributed by atoms with Crippen molar-refractivity contribution in [2.75, 3.05) is 0 Å². The topological polar surface area (TPSA) is 30.3 Å². The van der Waals surface area contributed by atoms with E-state index in [2.05, 4.69) is 16.4 Å². The van der Waals surface area contributed by atoms with E-state index in [1.54, 1.807) is 32.0 Å². The monoisotopic (exact) mass is 647 g/mol. The summed E-state index contributed by atoms with van der Waals surface area (Å²) in [4.78, 5) is 7.27. The highest BCUT2D eigenvalue weighted by Gasteiger charge is 2.30. The van der Waals surface area contributed by atoms with Gasteiger partial charge in [-0.3, -0.25) is 4.90 Å². The number of alkyl halides is 5. The molecule has 0 saturated heterocycles. The van der Waals surface area contributed by atoms with Gasteiger partial charge in [0.1, 0.15) is 11.6 Å². The molecule has 0 N–H and O–H groups in total.